The van der Waals surface area contributed by atoms with Crippen molar-refractivity contribution in [3.8, 4) is 0 Å². The van der Waals surface area contributed by atoms with Crippen LogP contribution in [0.3, 0.4) is 0 Å². The molecule has 0 atom stereocenters. The number of hydrogen-bond donors (Lipinski definition) is 1. The lowest BCUT2D eigenvalue weighted by Gasteiger charge is -2.31. The minimum atomic E-state index is -3.59. The molecule has 1 aliphatic heterocycles. The van der Waals surface area contributed by atoms with E-state index in [2.05, 4.69) is 4.72 Å². The molecular weight excluding hydrogens is 326 g/mol. The monoisotopic (exact) mass is 347 g/mol. The van der Waals surface area contributed by atoms with Gasteiger partial charge in [0.25, 0.3) is 10.2 Å². The molecule has 0 bridgehead atoms. The molecule has 0 radical (unpaired) electrons. The van der Waals surface area contributed by atoms with Gasteiger partial charge in [-0.1, -0.05) is 24.3 Å². The zero-order chi connectivity index (χ0) is 16.4. The molecule has 22 heavy (non-hydrogen) atoms. The van der Waals surface area contributed by atoms with Crippen LogP contribution in [0.15, 0.2) is 24.3 Å². The molecule has 0 unspecified atom stereocenters. The van der Waals surface area contributed by atoms with Crippen molar-refractivity contribution in [3.05, 3.63) is 35.4 Å². The summed E-state index contributed by atoms with van der Waals surface area (Å²) in [5, 5.41) is 0. The second-order valence-corrected chi connectivity index (χ2v) is 9.22. The van der Waals surface area contributed by atoms with Crippen LogP contribution < -0.4 is 4.72 Å². The van der Waals surface area contributed by atoms with E-state index in [1.165, 1.54) is 21.2 Å². The van der Waals surface area contributed by atoms with Crippen molar-refractivity contribution >= 4 is 20.2 Å². The maximum atomic E-state index is 12.5. The Balaban J connectivity index is 2.01. The Bertz CT molecular complexity index is 731. The summed E-state index contributed by atoms with van der Waals surface area (Å²) >= 11 is 0. The third kappa shape index (κ3) is 4.26. The zero-order valence-corrected chi connectivity index (χ0v) is 14.3. The molecule has 1 aromatic rings. The second kappa shape index (κ2) is 6.63. The summed E-state index contributed by atoms with van der Waals surface area (Å²) in [7, 11) is -5.45. The highest BCUT2D eigenvalue weighted by Crippen LogP contribution is 2.21. The maximum Gasteiger partial charge on any atom is 0.282 e. The Morgan fingerprint density at radius 1 is 1.18 bits per heavy atom. The number of rotatable bonds is 6. The zero-order valence-electron chi connectivity index (χ0n) is 12.7. The van der Waals surface area contributed by atoms with Gasteiger partial charge in [-0.15, -0.1) is 0 Å². The number of hydrogen-bond acceptors (Lipinski definition) is 4. The van der Waals surface area contributed by atoms with Gasteiger partial charge in [-0.3, -0.25) is 0 Å². The van der Waals surface area contributed by atoms with Crippen molar-refractivity contribution in [3.63, 3.8) is 0 Å². The quantitative estimate of drug-likeness (QED) is 0.770. The minimum absolute atomic E-state index is 0.0546. The van der Waals surface area contributed by atoms with Gasteiger partial charge >= 0.3 is 0 Å². The Hall–Kier alpha value is -1.00. The van der Waals surface area contributed by atoms with Gasteiger partial charge in [0, 0.05) is 33.2 Å². The normalized spacial score (nSPS) is 16.7. The van der Waals surface area contributed by atoms with Crippen molar-refractivity contribution in [2.24, 2.45) is 0 Å². The first-order valence-electron chi connectivity index (χ1n) is 6.93. The summed E-state index contributed by atoms with van der Waals surface area (Å²) in [6.45, 7) is 0.929. The summed E-state index contributed by atoms with van der Waals surface area (Å²) in [4.78, 5) is 0. The Morgan fingerprint density at radius 2 is 1.82 bits per heavy atom. The average molecular weight is 347 g/mol. The molecule has 1 aromatic carbocycles. The molecule has 9 heteroatoms. The molecule has 1 aliphatic rings. The Morgan fingerprint density at radius 3 is 2.45 bits per heavy atom. The van der Waals surface area contributed by atoms with Crippen LogP contribution in [0.25, 0.3) is 0 Å². The van der Waals surface area contributed by atoms with Crippen LogP contribution in [0.2, 0.25) is 0 Å². The summed E-state index contributed by atoms with van der Waals surface area (Å²) < 4.78 is 52.0. The maximum absolute atomic E-state index is 12.5. The van der Waals surface area contributed by atoms with Crippen molar-refractivity contribution in [2.75, 3.05) is 32.9 Å². The number of fused-ring (bicyclic) bond motifs is 1. The van der Waals surface area contributed by atoms with Crippen LogP contribution in [-0.4, -0.2) is 58.4 Å². The van der Waals surface area contributed by atoms with E-state index in [-0.39, 0.29) is 13.1 Å². The summed E-state index contributed by atoms with van der Waals surface area (Å²) in [5.41, 5.74) is 2.19. The van der Waals surface area contributed by atoms with E-state index in [9.17, 15) is 16.8 Å². The number of sulfonamides is 1. The molecule has 7 nitrogen and oxygen atoms in total. The van der Waals surface area contributed by atoms with E-state index in [4.69, 9.17) is 0 Å². The van der Waals surface area contributed by atoms with E-state index in [0.29, 0.717) is 19.5 Å². The standard InChI is InChI=1S/C13H21N3O4S2/c1-15(10-8-14-21(2,17)18)22(19,20)16-9-7-12-5-3-4-6-13(12)11-16/h3-6,14H,7-11H2,1-2H3. The van der Waals surface area contributed by atoms with Crippen molar-refractivity contribution < 1.29 is 16.8 Å². The van der Waals surface area contributed by atoms with E-state index in [0.717, 1.165) is 11.8 Å². The highest BCUT2D eigenvalue weighted by molar-refractivity contribution is 7.88. The topological polar surface area (TPSA) is 86.8 Å². The number of nitrogens with zero attached hydrogens (tertiary/aromatic N) is 2. The molecule has 0 aromatic heterocycles. The van der Waals surface area contributed by atoms with Crippen LogP contribution in [0, 0.1) is 0 Å². The third-order valence-electron chi connectivity index (χ3n) is 3.61. The van der Waals surface area contributed by atoms with Crippen LogP contribution in [0.4, 0.5) is 0 Å². The van der Waals surface area contributed by atoms with E-state index >= 15 is 0 Å². The van der Waals surface area contributed by atoms with E-state index < -0.39 is 20.2 Å². The molecule has 0 saturated carbocycles. The molecule has 0 spiro atoms. The van der Waals surface area contributed by atoms with Crippen molar-refractivity contribution in [1.29, 1.82) is 0 Å². The largest absolute Gasteiger partial charge is 0.282 e. The molecule has 1 N–H and O–H groups in total. The molecule has 0 fully saturated rings. The third-order valence-corrected chi connectivity index (χ3v) is 6.27. The van der Waals surface area contributed by atoms with Crippen LogP contribution >= 0.6 is 0 Å². The lowest BCUT2D eigenvalue weighted by Crippen LogP contribution is -2.46. The molecule has 0 amide bonds. The summed E-state index contributed by atoms with van der Waals surface area (Å²) in [6.07, 6.45) is 1.73. The predicted octanol–water partition coefficient (Wildman–Crippen LogP) is -0.229. The number of likely N-dealkylation sites (N-methyl/N-ethyl adjacent to an activating group) is 1. The smallest absolute Gasteiger partial charge is 0.214 e. The van der Waals surface area contributed by atoms with Gasteiger partial charge in [0.05, 0.1) is 6.26 Å². The van der Waals surface area contributed by atoms with Gasteiger partial charge in [-0.05, 0) is 17.5 Å². The fourth-order valence-corrected chi connectivity index (χ4v) is 4.17. The summed E-state index contributed by atoms with van der Waals surface area (Å²) in [6, 6.07) is 7.79. The van der Waals surface area contributed by atoms with Gasteiger partial charge in [0.1, 0.15) is 0 Å². The predicted molar refractivity (Wildman–Crippen MR) is 85.0 cm³/mol. The second-order valence-electron chi connectivity index (χ2n) is 5.35. The highest BCUT2D eigenvalue weighted by atomic mass is 32.2. The van der Waals surface area contributed by atoms with Crippen molar-refractivity contribution in [1.82, 2.24) is 13.3 Å². The van der Waals surface area contributed by atoms with Crippen molar-refractivity contribution in [2.45, 2.75) is 13.0 Å². The molecule has 2 rings (SSSR count). The first kappa shape index (κ1) is 17.4. The highest BCUT2D eigenvalue weighted by Gasteiger charge is 2.29. The Labute approximate surface area is 132 Å². The number of nitrogens with one attached hydrogen (secondary N) is 1. The fraction of sp³-hybridized carbons (Fsp3) is 0.538. The number of benzene rings is 1. The van der Waals surface area contributed by atoms with Gasteiger partial charge in [0.2, 0.25) is 10.0 Å². The van der Waals surface area contributed by atoms with Gasteiger partial charge < -0.3 is 0 Å². The molecule has 0 aliphatic carbocycles. The van der Waals surface area contributed by atoms with Crippen LogP contribution in [0.1, 0.15) is 11.1 Å². The molecule has 1 heterocycles. The lowest BCUT2D eigenvalue weighted by atomic mass is 10.0. The van der Waals surface area contributed by atoms with Gasteiger partial charge in [-0.2, -0.15) is 17.0 Å². The van der Waals surface area contributed by atoms with Crippen LogP contribution in [0.5, 0.6) is 0 Å². The first-order chi connectivity index (χ1) is 10.2. The lowest BCUT2D eigenvalue weighted by molar-refractivity contribution is 0.345. The summed E-state index contributed by atoms with van der Waals surface area (Å²) in [5.74, 6) is 0. The van der Waals surface area contributed by atoms with Crippen LogP contribution in [-0.2, 0) is 33.2 Å². The molecule has 124 valence electrons. The minimum Gasteiger partial charge on any atom is -0.214 e. The van der Waals surface area contributed by atoms with E-state index in [1.807, 2.05) is 24.3 Å². The molecular formula is C13H21N3O4S2. The first-order valence-corrected chi connectivity index (χ1v) is 10.2. The molecule has 0 saturated heterocycles. The fourth-order valence-electron chi connectivity index (χ4n) is 2.37. The van der Waals surface area contributed by atoms with Gasteiger partial charge in [-0.25, -0.2) is 13.1 Å². The Kier molecular flexibility index (Phi) is 5.23. The SMILES string of the molecule is CN(CCNS(C)(=O)=O)S(=O)(=O)N1CCc2ccccc2C1. The average Bonchev–Trinajstić information content (AvgIpc) is 2.45. The van der Waals surface area contributed by atoms with E-state index in [1.54, 1.807) is 0 Å². The van der Waals surface area contributed by atoms with Gasteiger partial charge in [0.15, 0.2) is 0 Å².